The van der Waals surface area contributed by atoms with E-state index in [1.54, 1.807) is 18.3 Å². The highest BCUT2D eigenvalue weighted by Gasteiger charge is 2.19. The molecule has 34 heavy (non-hydrogen) atoms. The van der Waals surface area contributed by atoms with Gasteiger partial charge in [-0.2, -0.15) is 0 Å². The largest absolute Gasteiger partial charge is 0.494 e. The van der Waals surface area contributed by atoms with E-state index >= 15 is 0 Å². The molecular weight excluding hydrogens is 476 g/mol. The van der Waals surface area contributed by atoms with Crippen molar-refractivity contribution in [2.24, 2.45) is 0 Å². The van der Waals surface area contributed by atoms with Crippen molar-refractivity contribution in [1.29, 1.82) is 0 Å². The van der Waals surface area contributed by atoms with Gasteiger partial charge in [0.05, 0.1) is 32.1 Å². The third-order valence-corrected chi connectivity index (χ3v) is 6.53. The Hall–Kier alpha value is -2.92. The van der Waals surface area contributed by atoms with Gasteiger partial charge in [0.2, 0.25) is 16.9 Å². The lowest BCUT2D eigenvalue weighted by molar-refractivity contribution is -0.140. The molecule has 0 saturated heterocycles. The minimum absolute atomic E-state index is 0.0881. The van der Waals surface area contributed by atoms with E-state index in [1.165, 1.54) is 30.2 Å². The van der Waals surface area contributed by atoms with Crippen LogP contribution in [0, 0.1) is 0 Å². The fourth-order valence-electron chi connectivity index (χ4n) is 2.73. The van der Waals surface area contributed by atoms with E-state index < -0.39 is 0 Å². The summed E-state index contributed by atoms with van der Waals surface area (Å²) in [6.45, 7) is 6.63. The van der Waals surface area contributed by atoms with Crippen LogP contribution >= 0.6 is 23.1 Å². The number of nitrogens with zero attached hydrogens (tertiary/aromatic N) is 3. The van der Waals surface area contributed by atoms with Crippen LogP contribution in [0.15, 0.2) is 39.2 Å². The highest BCUT2D eigenvalue weighted by atomic mass is 32.2. The second-order valence-corrected chi connectivity index (χ2v) is 10.6. The Balaban J connectivity index is 1.41. The molecule has 0 spiro atoms. The van der Waals surface area contributed by atoms with Gasteiger partial charge in [-0.3, -0.25) is 9.59 Å². The summed E-state index contributed by atoms with van der Waals surface area (Å²) in [5.41, 5.74) is 0.756. The molecular formula is C23H28N4O5S2. The predicted molar refractivity (Wildman–Crippen MR) is 130 cm³/mol. The molecule has 0 aliphatic carbocycles. The van der Waals surface area contributed by atoms with E-state index in [9.17, 15) is 9.59 Å². The molecule has 0 unspecified atom stereocenters. The number of amides is 1. The molecule has 3 rings (SSSR count). The Bertz CT molecular complexity index is 1090. The molecule has 11 heteroatoms. The van der Waals surface area contributed by atoms with Gasteiger partial charge in [0.1, 0.15) is 11.5 Å². The Morgan fingerprint density at radius 1 is 1.18 bits per heavy atom. The van der Waals surface area contributed by atoms with E-state index in [4.69, 9.17) is 9.15 Å². The normalized spacial score (nSPS) is 11.3. The van der Waals surface area contributed by atoms with Gasteiger partial charge in [-0.25, -0.2) is 4.98 Å². The molecule has 0 saturated carbocycles. The first-order valence-electron chi connectivity index (χ1n) is 10.7. The number of aromatic nitrogens is 3. The number of methoxy groups -OCH3 is 1. The standard InChI is InChI=1S/C23H28N4O5S2/c1-23(2,3)17-13-24-19(32-17)14-33-22-27-26-21(34-22)25-18(28)12-15-7-9-16(10-8-15)31-11-5-6-20(29)30-4/h7-10,13H,5-6,11-12,14H2,1-4H3,(H,25,26,28). The maximum absolute atomic E-state index is 12.4. The first-order valence-corrected chi connectivity index (χ1v) is 12.5. The number of carbonyl (C=O) groups is 2. The number of anilines is 1. The maximum Gasteiger partial charge on any atom is 0.305 e. The predicted octanol–water partition coefficient (Wildman–Crippen LogP) is 4.63. The van der Waals surface area contributed by atoms with Gasteiger partial charge in [-0.05, 0) is 24.1 Å². The molecule has 3 aromatic rings. The van der Waals surface area contributed by atoms with Crippen molar-refractivity contribution in [1.82, 2.24) is 15.2 Å². The first kappa shape index (κ1) is 25.7. The number of thioether (sulfide) groups is 1. The second kappa shape index (κ2) is 12.0. The number of carbonyl (C=O) groups excluding carboxylic acids is 2. The lowest BCUT2D eigenvalue weighted by Crippen LogP contribution is -2.14. The van der Waals surface area contributed by atoms with Gasteiger partial charge in [-0.15, -0.1) is 10.2 Å². The number of nitrogens with one attached hydrogen (secondary N) is 1. The quantitative estimate of drug-likeness (QED) is 0.173. The Kier molecular flexibility index (Phi) is 9.05. The molecule has 182 valence electrons. The molecule has 0 bridgehead atoms. The smallest absolute Gasteiger partial charge is 0.305 e. The molecule has 2 aromatic heterocycles. The van der Waals surface area contributed by atoms with Crippen LogP contribution in [0.5, 0.6) is 5.75 Å². The number of hydrogen-bond acceptors (Lipinski definition) is 10. The molecule has 1 N–H and O–H groups in total. The first-order chi connectivity index (χ1) is 16.2. The van der Waals surface area contributed by atoms with Gasteiger partial charge >= 0.3 is 5.97 Å². The average Bonchev–Trinajstić information content (AvgIpc) is 3.45. The van der Waals surface area contributed by atoms with Crippen molar-refractivity contribution in [2.75, 3.05) is 19.0 Å². The molecule has 2 heterocycles. The molecule has 1 amide bonds. The van der Waals surface area contributed by atoms with Crippen molar-refractivity contribution in [3.05, 3.63) is 47.7 Å². The van der Waals surface area contributed by atoms with Crippen LogP contribution in [0.1, 0.15) is 50.8 Å². The Morgan fingerprint density at radius 2 is 1.94 bits per heavy atom. The van der Waals surface area contributed by atoms with E-state index in [2.05, 4.69) is 46.0 Å². The van der Waals surface area contributed by atoms with Crippen molar-refractivity contribution in [3.8, 4) is 5.75 Å². The molecule has 9 nitrogen and oxygen atoms in total. The van der Waals surface area contributed by atoms with Gasteiger partial charge in [-0.1, -0.05) is 56.0 Å². The van der Waals surface area contributed by atoms with Gasteiger partial charge in [0.25, 0.3) is 0 Å². The molecule has 0 aliphatic rings. The van der Waals surface area contributed by atoms with E-state index in [-0.39, 0.29) is 23.7 Å². The lowest BCUT2D eigenvalue weighted by Gasteiger charge is -2.12. The van der Waals surface area contributed by atoms with Crippen molar-refractivity contribution in [3.63, 3.8) is 0 Å². The SMILES string of the molecule is COC(=O)CCCOc1ccc(CC(=O)Nc2nnc(SCc3ncc(C(C)(C)C)o3)s2)cc1. The number of benzene rings is 1. The van der Waals surface area contributed by atoms with Gasteiger partial charge < -0.3 is 19.2 Å². The van der Waals surface area contributed by atoms with Crippen LogP contribution in [0.3, 0.4) is 0 Å². The molecule has 0 aliphatic heterocycles. The molecule has 0 fully saturated rings. The number of rotatable bonds is 11. The van der Waals surface area contributed by atoms with Crippen LogP contribution in [0.4, 0.5) is 5.13 Å². The zero-order valence-electron chi connectivity index (χ0n) is 19.6. The summed E-state index contributed by atoms with van der Waals surface area (Å²) in [7, 11) is 1.36. The summed E-state index contributed by atoms with van der Waals surface area (Å²) in [5.74, 6) is 2.26. The monoisotopic (exact) mass is 504 g/mol. The fraction of sp³-hybridized carbons (Fsp3) is 0.435. The van der Waals surface area contributed by atoms with Crippen molar-refractivity contribution in [2.45, 2.75) is 55.5 Å². The number of oxazole rings is 1. The highest BCUT2D eigenvalue weighted by molar-refractivity contribution is 8.00. The van der Waals surface area contributed by atoms with E-state index in [0.29, 0.717) is 42.0 Å². The second-order valence-electron chi connectivity index (χ2n) is 8.43. The van der Waals surface area contributed by atoms with Crippen molar-refractivity contribution >= 4 is 40.1 Å². The van der Waals surface area contributed by atoms with Crippen LogP contribution < -0.4 is 10.1 Å². The summed E-state index contributed by atoms with van der Waals surface area (Å²) < 4.78 is 16.7. The average molecular weight is 505 g/mol. The third-order valence-electron chi connectivity index (χ3n) is 4.57. The zero-order valence-corrected chi connectivity index (χ0v) is 21.3. The molecule has 0 atom stereocenters. The van der Waals surface area contributed by atoms with Crippen molar-refractivity contribution < 1.29 is 23.5 Å². The van der Waals surface area contributed by atoms with Crippen LogP contribution in [-0.2, 0) is 31.9 Å². The number of ether oxygens (including phenoxy) is 2. The Labute approximate surface area is 206 Å². The minimum atomic E-state index is -0.254. The van der Waals surface area contributed by atoms with E-state index in [0.717, 1.165) is 15.7 Å². The summed E-state index contributed by atoms with van der Waals surface area (Å²) in [6, 6.07) is 7.26. The summed E-state index contributed by atoms with van der Waals surface area (Å²) in [5, 5.41) is 11.4. The topological polar surface area (TPSA) is 116 Å². The maximum atomic E-state index is 12.4. The van der Waals surface area contributed by atoms with E-state index in [1.807, 2.05) is 12.1 Å². The fourth-order valence-corrected chi connectivity index (χ4v) is 4.35. The third kappa shape index (κ3) is 8.14. The van der Waals surface area contributed by atoms with Crippen LogP contribution in [0.2, 0.25) is 0 Å². The summed E-state index contributed by atoms with van der Waals surface area (Å²) in [6.07, 6.45) is 2.86. The summed E-state index contributed by atoms with van der Waals surface area (Å²) in [4.78, 5) is 27.8. The van der Waals surface area contributed by atoms with Gasteiger partial charge in [0, 0.05) is 11.8 Å². The van der Waals surface area contributed by atoms with Crippen LogP contribution in [-0.4, -0.2) is 40.8 Å². The molecule has 0 radical (unpaired) electrons. The number of hydrogen-bond donors (Lipinski definition) is 1. The highest BCUT2D eigenvalue weighted by Crippen LogP contribution is 2.30. The lowest BCUT2D eigenvalue weighted by atomic mass is 9.94. The molecule has 1 aromatic carbocycles. The number of esters is 1. The zero-order chi connectivity index (χ0) is 24.6. The van der Waals surface area contributed by atoms with Gasteiger partial charge in [0.15, 0.2) is 4.34 Å². The van der Waals surface area contributed by atoms with Crippen LogP contribution in [0.25, 0.3) is 0 Å². The summed E-state index contributed by atoms with van der Waals surface area (Å²) >= 11 is 2.77. The Morgan fingerprint density at radius 3 is 2.62 bits per heavy atom. The minimum Gasteiger partial charge on any atom is -0.494 e.